The van der Waals surface area contributed by atoms with Gasteiger partial charge in [-0.15, -0.1) is 11.3 Å². The molecular weight excluding hydrogens is 218 g/mol. The predicted octanol–water partition coefficient (Wildman–Crippen LogP) is 2.29. The molecule has 0 aliphatic heterocycles. The topological polar surface area (TPSA) is 54.7 Å². The number of halogens is 1. The molecule has 0 spiro atoms. The van der Waals surface area contributed by atoms with Gasteiger partial charge in [0.05, 0.1) is 10.6 Å². The van der Waals surface area contributed by atoms with Crippen LogP contribution in [-0.4, -0.2) is 16.5 Å². The largest absolute Gasteiger partial charge is 0.340 e. The minimum atomic E-state index is 0.527. The van der Waals surface area contributed by atoms with Crippen molar-refractivity contribution in [2.75, 3.05) is 6.54 Å². The van der Waals surface area contributed by atoms with Gasteiger partial charge in [-0.3, -0.25) is 0 Å². The van der Waals surface area contributed by atoms with Crippen molar-refractivity contribution in [3.63, 3.8) is 0 Å². The van der Waals surface area contributed by atoms with E-state index < -0.39 is 0 Å². The van der Waals surface area contributed by atoms with Gasteiger partial charge in [0.15, 0.2) is 5.15 Å². The Hall–Kier alpha value is -0.840. The molecular formula is C9H10ClN3S. The minimum Gasteiger partial charge on any atom is -0.340 e. The SMILES string of the molecule is NCCc1[nH]c(-c2cccs2)nc1Cl. The second kappa shape index (κ2) is 4.13. The molecule has 0 unspecified atom stereocenters. The number of nitrogens with two attached hydrogens (primary N) is 1. The van der Waals surface area contributed by atoms with Crippen molar-refractivity contribution in [1.29, 1.82) is 0 Å². The molecule has 2 aromatic heterocycles. The second-order valence-corrected chi connectivity index (χ2v) is 4.18. The van der Waals surface area contributed by atoms with Gasteiger partial charge in [0.2, 0.25) is 0 Å². The van der Waals surface area contributed by atoms with Gasteiger partial charge >= 0.3 is 0 Å². The van der Waals surface area contributed by atoms with Crippen LogP contribution < -0.4 is 5.73 Å². The van der Waals surface area contributed by atoms with Crippen molar-refractivity contribution in [3.8, 4) is 10.7 Å². The highest BCUT2D eigenvalue weighted by Gasteiger charge is 2.09. The van der Waals surface area contributed by atoms with Crippen LogP contribution in [0.4, 0.5) is 0 Å². The standard InChI is InChI=1S/C9H10ClN3S/c10-8-6(3-4-11)12-9(13-8)7-2-1-5-14-7/h1-2,5H,3-4,11H2,(H,12,13). The van der Waals surface area contributed by atoms with Crippen molar-refractivity contribution in [3.05, 3.63) is 28.4 Å². The zero-order valence-corrected chi connectivity index (χ0v) is 9.03. The van der Waals surface area contributed by atoms with Gasteiger partial charge in [-0.1, -0.05) is 17.7 Å². The number of hydrogen-bond donors (Lipinski definition) is 2. The van der Waals surface area contributed by atoms with E-state index >= 15 is 0 Å². The number of aromatic nitrogens is 2. The summed E-state index contributed by atoms with van der Waals surface area (Å²) >= 11 is 7.58. The number of hydrogen-bond acceptors (Lipinski definition) is 3. The van der Waals surface area contributed by atoms with Crippen LogP contribution in [0.3, 0.4) is 0 Å². The van der Waals surface area contributed by atoms with Crippen molar-refractivity contribution >= 4 is 22.9 Å². The molecule has 3 N–H and O–H groups in total. The number of aromatic amines is 1. The van der Waals surface area contributed by atoms with E-state index in [1.807, 2.05) is 17.5 Å². The van der Waals surface area contributed by atoms with Crippen molar-refractivity contribution in [1.82, 2.24) is 9.97 Å². The van der Waals surface area contributed by atoms with Crippen LogP contribution in [0.1, 0.15) is 5.69 Å². The van der Waals surface area contributed by atoms with E-state index in [1.54, 1.807) is 11.3 Å². The molecule has 74 valence electrons. The zero-order valence-electron chi connectivity index (χ0n) is 7.46. The Morgan fingerprint density at radius 3 is 3.07 bits per heavy atom. The number of imidazole rings is 1. The Morgan fingerprint density at radius 2 is 2.43 bits per heavy atom. The van der Waals surface area contributed by atoms with E-state index in [4.69, 9.17) is 17.3 Å². The van der Waals surface area contributed by atoms with Crippen LogP contribution in [0.5, 0.6) is 0 Å². The third-order valence-electron chi connectivity index (χ3n) is 1.88. The molecule has 0 saturated heterocycles. The molecule has 0 bridgehead atoms. The van der Waals surface area contributed by atoms with E-state index in [0.717, 1.165) is 22.8 Å². The average Bonchev–Trinajstić information content (AvgIpc) is 2.76. The number of rotatable bonds is 3. The van der Waals surface area contributed by atoms with Crippen molar-refractivity contribution in [2.45, 2.75) is 6.42 Å². The first-order valence-electron chi connectivity index (χ1n) is 4.29. The lowest BCUT2D eigenvalue weighted by Gasteiger charge is -1.91. The molecule has 0 radical (unpaired) electrons. The zero-order chi connectivity index (χ0) is 9.97. The van der Waals surface area contributed by atoms with Gasteiger partial charge in [-0.05, 0) is 18.0 Å². The second-order valence-electron chi connectivity index (χ2n) is 2.87. The van der Waals surface area contributed by atoms with Crippen LogP contribution in [0.2, 0.25) is 5.15 Å². The molecule has 2 heterocycles. The molecule has 0 aromatic carbocycles. The number of thiophene rings is 1. The number of nitrogens with one attached hydrogen (secondary N) is 1. The summed E-state index contributed by atoms with van der Waals surface area (Å²) in [6.07, 6.45) is 0.733. The maximum Gasteiger partial charge on any atom is 0.150 e. The minimum absolute atomic E-state index is 0.527. The third-order valence-corrected chi connectivity index (χ3v) is 3.07. The summed E-state index contributed by atoms with van der Waals surface area (Å²) in [6, 6.07) is 3.99. The Kier molecular flexibility index (Phi) is 2.86. The maximum absolute atomic E-state index is 5.95. The van der Waals surface area contributed by atoms with E-state index in [-0.39, 0.29) is 0 Å². The van der Waals surface area contributed by atoms with Crippen LogP contribution in [0.15, 0.2) is 17.5 Å². The van der Waals surface area contributed by atoms with Gasteiger partial charge in [-0.25, -0.2) is 4.98 Å². The molecule has 2 rings (SSSR count). The lowest BCUT2D eigenvalue weighted by molar-refractivity contribution is 0.936. The predicted molar refractivity (Wildman–Crippen MR) is 59.7 cm³/mol. The first-order valence-corrected chi connectivity index (χ1v) is 5.55. The molecule has 14 heavy (non-hydrogen) atoms. The third kappa shape index (κ3) is 1.82. The van der Waals surface area contributed by atoms with E-state index in [2.05, 4.69) is 9.97 Å². The van der Waals surface area contributed by atoms with Gasteiger partial charge in [-0.2, -0.15) is 0 Å². The summed E-state index contributed by atoms with van der Waals surface area (Å²) in [5.41, 5.74) is 6.37. The molecule has 0 aliphatic carbocycles. The van der Waals surface area contributed by atoms with Crippen LogP contribution in [-0.2, 0) is 6.42 Å². The fraction of sp³-hybridized carbons (Fsp3) is 0.222. The summed E-state index contributed by atoms with van der Waals surface area (Å²) in [7, 11) is 0. The first kappa shape index (κ1) is 9.71. The monoisotopic (exact) mass is 227 g/mol. The van der Waals surface area contributed by atoms with Crippen LogP contribution in [0, 0.1) is 0 Å². The summed E-state index contributed by atoms with van der Waals surface area (Å²) in [4.78, 5) is 8.50. The van der Waals surface area contributed by atoms with Gasteiger partial charge in [0, 0.05) is 6.42 Å². The van der Waals surface area contributed by atoms with Gasteiger partial charge in [0.25, 0.3) is 0 Å². The molecule has 5 heteroatoms. The highest BCUT2D eigenvalue weighted by molar-refractivity contribution is 7.13. The van der Waals surface area contributed by atoms with E-state index in [0.29, 0.717) is 11.7 Å². The number of H-pyrrole nitrogens is 1. The summed E-state index contributed by atoms with van der Waals surface area (Å²) in [5, 5.41) is 2.54. The summed E-state index contributed by atoms with van der Waals surface area (Å²) in [5.74, 6) is 0.827. The lowest BCUT2D eigenvalue weighted by atomic mass is 10.3. The maximum atomic E-state index is 5.95. The molecule has 0 fully saturated rings. The highest BCUT2D eigenvalue weighted by Crippen LogP contribution is 2.25. The quantitative estimate of drug-likeness (QED) is 0.846. The fourth-order valence-corrected chi connectivity index (χ4v) is 2.12. The average molecular weight is 228 g/mol. The van der Waals surface area contributed by atoms with E-state index in [1.165, 1.54) is 0 Å². The first-order chi connectivity index (χ1) is 6.81. The Bertz CT molecular complexity index is 408. The van der Waals surface area contributed by atoms with Gasteiger partial charge < -0.3 is 10.7 Å². The smallest absolute Gasteiger partial charge is 0.150 e. The summed E-state index contributed by atoms with van der Waals surface area (Å²) < 4.78 is 0. The molecule has 0 amide bonds. The fourth-order valence-electron chi connectivity index (χ4n) is 1.23. The highest BCUT2D eigenvalue weighted by atomic mass is 35.5. The van der Waals surface area contributed by atoms with Crippen LogP contribution >= 0.6 is 22.9 Å². The Labute approximate surface area is 90.9 Å². The van der Waals surface area contributed by atoms with E-state index in [9.17, 15) is 0 Å². The van der Waals surface area contributed by atoms with Crippen LogP contribution in [0.25, 0.3) is 10.7 Å². The summed E-state index contributed by atoms with van der Waals surface area (Å²) in [6.45, 7) is 0.575. The normalized spacial score (nSPS) is 10.7. The molecule has 2 aromatic rings. The van der Waals surface area contributed by atoms with Gasteiger partial charge in [0.1, 0.15) is 5.82 Å². The molecule has 3 nitrogen and oxygen atoms in total. The molecule has 0 aliphatic rings. The lowest BCUT2D eigenvalue weighted by Crippen LogP contribution is -2.03. The Morgan fingerprint density at radius 1 is 1.57 bits per heavy atom. The molecule has 0 atom stereocenters. The van der Waals surface area contributed by atoms with Crippen molar-refractivity contribution < 1.29 is 0 Å². The number of nitrogens with zero attached hydrogens (tertiary/aromatic N) is 1. The molecule has 0 saturated carbocycles. The van der Waals surface area contributed by atoms with Crippen molar-refractivity contribution in [2.24, 2.45) is 5.73 Å². The Balaban J connectivity index is 2.33.